The van der Waals surface area contributed by atoms with Gasteiger partial charge in [0.1, 0.15) is 0 Å². The maximum absolute atomic E-state index is 12.8. The first-order valence-corrected chi connectivity index (χ1v) is 10.8. The van der Waals surface area contributed by atoms with E-state index < -0.39 is 9.84 Å². The first kappa shape index (κ1) is 18.2. The summed E-state index contributed by atoms with van der Waals surface area (Å²) in [6, 6.07) is 10.1. The summed E-state index contributed by atoms with van der Waals surface area (Å²) in [5, 5.41) is 0. The first-order valence-electron chi connectivity index (χ1n) is 8.99. The zero-order valence-corrected chi connectivity index (χ0v) is 15.8. The third-order valence-electron chi connectivity index (χ3n) is 5.61. The van der Waals surface area contributed by atoms with Crippen molar-refractivity contribution < 1.29 is 18.1 Å². The van der Waals surface area contributed by atoms with Crippen LogP contribution in [0.25, 0.3) is 0 Å². The van der Waals surface area contributed by atoms with Crippen molar-refractivity contribution in [1.82, 2.24) is 4.90 Å². The van der Waals surface area contributed by atoms with Crippen LogP contribution < -0.4 is 9.80 Å². The van der Waals surface area contributed by atoms with Gasteiger partial charge in [-0.15, -0.1) is 0 Å². The number of para-hydroxylation sites is 1. The van der Waals surface area contributed by atoms with E-state index in [1.165, 1.54) is 10.6 Å². The first-order chi connectivity index (χ1) is 11.9. The Morgan fingerprint density at radius 3 is 2.44 bits per heavy atom. The summed E-state index contributed by atoms with van der Waals surface area (Å²) < 4.78 is 23.3. The molecule has 0 radical (unpaired) electrons. The molecule has 7 heteroatoms. The van der Waals surface area contributed by atoms with Gasteiger partial charge in [-0.3, -0.25) is 4.79 Å². The number of quaternary nitrogens is 1. The van der Waals surface area contributed by atoms with Crippen LogP contribution in [-0.2, 0) is 14.6 Å². The molecule has 2 saturated heterocycles. The van der Waals surface area contributed by atoms with Gasteiger partial charge in [-0.1, -0.05) is 18.2 Å². The molecule has 3 rings (SSSR count). The van der Waals surface area contributed by atoms with Crippen LogP contribution in [0.5, 0.6) is 0 Å². The third kappa shape index (κ3) is 4.15. The number of piperazine rings is 1. The van der Waals surface area contributed by atoms with Crippen LogP contribution in [0.2, 0.25) is 0 Å². The Morgan fingerprint density at radius 2 is 1.88 bits per heavy atom. The van der Waals surface area contributed by atoms with E-state index in [1.807, 2.05) is 25.1 Å². The van der Waals surface area contributed by atoms with Crippen molar-refractivity contribution in [3.8, 4) is 0 Å². The Bertz CT molecular complexity index is 700. The van der Waals surface area contributed by atoms with Gasteiger partial charge in [0.25, 0.3) is 5.91 Å². The molecule has 1 aromatic carbocycles. The van der Waals surface area contributed by atoms with Crippen molar-refractivity contribution in [1.29, 1.82) is 0 Å². The number of carbonyl (C=O) groups excluding carboxylic acids is 1. The predicted octanol–water partition coefficient (Wildman–Crippen LogP) is -0.574. The fraction of sp³-hybridized carbons (Fsp3) is 0.611. The number of anilines is 1. The molecule has 0 aromatic heterocycles. The Hall–Kier alpha value is -1.60. The van der Waals surface area contributed by atoms with Crippen LogP contribution in [0.4, 0.5) is 5.69 Å². The molecular weight excluding hydrogens is 338 g/mol. The highest BCUT2D eigenvalue weighted by Crippen LogP contribution is 2.17. The van der Waals surface area contributed by atoms with Gasteiger partial charge in [-0.2, -0.15) is 0 Å². The maximum atomic E-state index is 12.8. The fourth-order valence-corrected chi connectivity index (χ4v) is 5.64. The van der Waals surface area contributed by atoms with Crippen molar-refractivity contribution >= 4 is 21.4 Å². The zero-order valence-electron chi connectivity index (χ0n) is 15.0. The molecule has 25 heavy (non-hydrogen) atoms. The number of carbonyl (C=O) groups is 1. The van der Waals surface area contributed by atoms with Gasteiger partial charge >= 0.3 is 0 Å². The molecule has 138 valence electrons. The molecule has 0 spiro atoms. The molecule has 2 aliphatic heterocycles. The quantitative estimate of drug-likeness (QED) is 0.775. The summed E-state index contributed by atoms with van der Waals surface area (Å²) >= 11 is 0. The van der Waals surface area contributed by atoms with E-state index in [0.717, 1.165) is 26.2 Å². The normalized spacial score (nSPS) is 24.9. The molecule has 1 amide bonds. The molecule has 2 aliphatic rings. The van der Waals surface area contributed by atoms with Crippen molar-refractivity contribution in [2.45, 2.75) is 25.4 Å². The average Bonchev–Trinajstić information content (AvgIpc) is 3.00. The Balaban J connectivity index is 1.55. The summed E-state index contributed by atoms with van der Waals surface area (Å²) in [7, 11) is -1.22. The molecule has 0 saturated carbocycles. The van der Waals surface area contributed by atoms with Crippen LogP contribution in [0, 0.1) is 0 Å². The number of rotatable bonds is 4. The molecule has 1 N–H and O–H groups in total. The summed E-state index contributed by atoms with van der Waals surface area (Å²) in [6.07, 6.45) is 0.564. The zero-order chi connectivity index (χ0) is 18.0. The average molecular weight is 367 g/mol. The second-order valence-corrected chi connectivity index (χ2v) is 9.44. The number of likely N-dealkylation sites (N-methyl/N-ethyl adjacent to an activating group) is 1. The minimum atomic E-state index is -2.97. The highest BCUT2D eigenvalue weighted by molar-refractivity contribution is 7.91. The summed E-state index contributed by atoms with van der Waals surface area (Å²) in [5.41, 5.74) is 1.23. The molecule has 2 fully saturated rings. The lowest BCUT2D eigenvalue weighted by Crippen LogP contribution is -3.19. The van der Waals surface area contributed by atoms with E-state index in [4.69, 9.17) is 0 Å². The minimum absolute atomic E-state index is 0.0604. The Kier molecular flexibility index (Phi) is 5.34. The van der Waals surface area contributed by atoms with Crippen molar-refractivity contribution in [2.24, 2.45) is 0 Å². The molecule has 1 aromatic rings. The number of benzene rings is 1. The number of nitrogens with one attached hydrogen (secondary N) is 1. The largest absolute Gasteiger partial charge is 0.360 e. The number of nitrogens with zero attached hydrogens (tertiary/aromatic N) is 2. The van der Waals surface area contributed by atoms with E-state index in [-0.39, 0.29) is 29.5 Å². The lowest BCUT2D eigenvalue weighted by atomic mass is 10.1. The molecule has 0 bridgehead atoms. The van der Waals surface area contributed by atoms with E-state index in [1.54, 1.807) is 11.9 Å². The number of hydrogen-bond acceptors (Lipinski definition) is 4. The van der Waals surface area contributed by atoms with Crippen LogP contribution in [-0.4, -0.2) is 76.0 Å². The number of hydrogen-bond donors (Lipinski definition) is 1. The predicted molar refractivity (Wildman–Crippen MR) is 98.6 cm³/mol. The van der Waals surface area contributed by atoms with Gasteiger partial charge < -0.3 is 14.7 Å². The summed E-state index contributed by atoms with van der Waals surface area (Å²) in [5.74, 6) is 0.371. The van der Waals surface area contributed by atoms with Gasteiger partial charge in [0, 0.05) is 18.8 Å². The van der Waals surface area contributed by atoms with Gasteiger partial charge in [0.05, 0.1) is 37.7 Å². The lowest BCUT2D eigenvalue weighted by Gasteiger charge is -2.37. The number of sulfone groups is 1. The second kappa shape index (κ2) is 7.33. The molecule has 0 unspecified atom stereocenters. The molecule has 6 nitrogen and oxygen atoms in total. The molecule has 0 aliphatic carbocycles. The SMILES string of the molecule is C[C@H](C(=O)N(C)[C@@H]1CCS(=O)(=O)C1)[NH+]1CCN(c2ccccc2)CC1. The highest BCUT2D eigenvalue weighted by atomic mass is 32.2. The standard InChI is InChI=1S/C18H27N3O3S/c1-15(18(22)19(2)17-8-13-25(23,24)14-17)20-9-11-21(12-10-20)16-6-4-3-5-7-16/h3-7,15,17H,8-14H2,1-2H3/p+1/t15-,17-/m1/s1. The van der Waals surface area contributed by atoms with Crippen LogP contribution >= 0.6 is 0 Å². The van der Waals surface area contributed by atoms with E-state index >= 15 is 0 Å². The maximum Gasteiger partial charge on any atom is 0.280 e. The monoisotopic (exact) mass is 366 g/mol. The smallest absolute Gasteiger partial charge is 0.280 e. The van der Waals surface area contributed by atoms with E-state index in [9.17, 15) is 13.2 Å². The van der Waals surface area contributed by atoms with Crippen molar-refractivity contribution in [3.05, 3.63) is 30.3 Å². The van der Waals surface area contributed by atoms with Gasteiger partial charge in [0.15, 0.2) is 15.9 Å². The Morgan fingerprint density at radius 1 is 1.24 bits per heavy atom. The minimum Gasteiger partial charge on any atom is -0.360 e. The molecule has 2 atom stereocenters. The van der Waals surface area contributed by atoms with Crippen LogP contribution in [0.3, 0.4) is 0 Å². The van der Waals surface area contributed by atoms with Gasteiger partial charge in [-0.25, -0.2) is 8.42 Å². The van der Waals surface area contributed by atoms with Crippen LogP contribution in [0.15, 0.2) is 30.3 Å². The molecule has 2 heterocycles. The van der Waals surface area contributed by atoms with E-state index in [2.05, 4.69) is 17.0 Å². The summed E-state index contributed by atoms with van der Waals surface area (Å²) in [4.78, 5) is 18.1. The Labute approximate surface area is 150 Å². The van der Waals surface area contributed by atoms with Crippen molar-refractivity contribution in [2.75, 3.05) is 49.6 Å². The van der Waals surface area contributed by atoms with Gasteiger partial charge in [0.2, 0.25) is 0 Å². The fourth-order valence-electron chi connectivity index (χ4n) is 3.86. The second-order valence-electron chi connectivity index (χ2n) is 7.21. The van der Waals surface area contributed by atoms with Gasteiger partial charge in [-0.05, 0) is 25.5 Å². The van der Waals surface area contributed by atoms with Crippen molar-refractivity contribution in [3.63, 3.8) is 0 Å². The van der Waals surface area contributed by atoms with Crippen LogP contribution in [0.1, 0.15) is 13.3 Å². The summed E-state index contributed by atoms with van der Waals surface area (Å²) in [6.45, 7) is 5.66. The molecular formula is C18H28N3O3S+. The topological polar surface area (TPSA) is 62.1 Å². The number of amides is 1. The lowest BCUT2D eigenvalue weighted by molar-refractivity contribution is -0.915. The highest BCUT2D eigenvalue weighted by Gasteiger charge is 2.37. The van der Waals surface area contributed by atoms with E-state index in [0.29, 0.717) is 6.42 Å². The third-order valence-corrected chi connectivity index (χ3v) is 7.36.